The number of carbonyl (C=O) groups is 1. The van der Waals surface area contributed by atoms with E-state index in [1.165, 1.54) is 5.57 Å². The molecule has 0 aromatic rings. The van der Waals surface area contributed by atoms with Gasteiger partial charge in [0.25, 0.3) is 0 Å². The lowest BCUT2D eigenvalue weighted by atomic mass is 10.2. The molecule has 3 nitrogen and oxygen atoms in total. The fourth-order valence-electron chi connectivity index (χ4n) is 1.20. The standard InChI is InChI=1S/C7H8N2O/c10-7-8-4-5-2-1-3-6(5)9-7/h1-2H,3-4H2,(H2,8,9,10). The Morgan fingerprint density at radius 3 is 3.30 bits per heavy atom. The summed E-state index contributed by atoms with van der Waals surface area (Å²) in [4.78, 5) is 10.7. The normalized spacial score (nSPS) is 22.2. The summed E-state index contributed by atoms with van der Waals surface area (Å²) in [5, 5.41) is 5.44. The van der Waals surface area contributed by atoms with Gasteiger partial charge in [-0.1, -0.05) is 12.2 Å². The van der Waals surface area contributed by atoms with Gasteiger partial charge in [0.1, 0.15) is 0 Å². The SMILES string of the molecule is O=C1NCC2=C(CC=C2)N1. The van der Waals surface area contributed by atoms with E-state index in [1.807, 2.05) is 6.08 Å². The van der Waals surface area contributed by atoms with Gasteiger partial charge in [-0.25, -0.2) is 4.79 Å². The van der Waals surface area contributed by atoms with Crippen LogP contribution in [0.1, 0.15) is 6.42 Å². The average Bonchev–Trinajstić information content (AvgIpc) is 2.33. The Hall–Kier alpha value is -1.25. The summed E-state index contributed by atoms with van der Waals surface area (Å²) in [7, 11) is 0. The van der Waals surface area contributed by atoms with Gasteiger partial charge in [-0.3, -0.25) is 0 Å². The highest BCUT2D eigenvalue weighted by atomic mass is 16.2. The van der Waals surface area contributed by atoms with Gasteiger partial charge < -0.3 is 10.6 Å². The minimum atomic E-state index is -0.0811. The van der Waals surface area contributed by atoms with Crippen molar-refractivity contribution in [1.82, 2.24) is 10.6 Å². The van der Waals surface area contributed by atoms with E-state index in [4.69, 9.17) is 0 Å². The van der Waals surface area contributed by atoms with Crippen molar-refractivity contribution in [3.05, 3.63) is 23.4 Å². The fraction of sp³-hybridized carbons (Fsp3) is 0.286. The van der Waals surface area contributed by atoms with E-state index in [0.29, 0.717) is 6.54 Å². The molecule has 0 aromatic heterocycles. The van der Waals surface area contributed by atoms with Crippen LogP contribution in [-0.4, -0.2) is 12.6 Å². The summed E-state index contributed by atoms with van der Waals surface area (Å²) in [6.45, 7) is 0.678. The summed E-state index contributed by atoms with van der Waals surface area (Å²) in [5.41, 5.74) is 2.27. The van der Waals surface area contributed by atoms with Crippen molar-refractivity contribution in [3.8, 4) is 0 Å². The van der Waals surface area contributed by atoms with E-state index in [1.54, 1.807) is 0 Å². The number of carbonyl (C=O) groups excluding carboxylic acids is 1. The molecule has 0 bridgehead atoms. The molecule has 52 valence electrons. The molecule has 10 heavy (non-hydrogen) atoms. The molecule has 0 spiro atoms. The second-order valence-electron chi connectivity index (χ2n) is 2.42. The lowest BCUT2D eigenvalue weighted by molar-refractivity contribution is 0.242. The second kappa shape index (κ2) is 1.87. The summed E-state index contributed by atoms with van der Waals surface area (Å²) in [6.07, 6.45) is 4.97. The third-order valence-electron chi connectivity index (χ3n) is 1.73. The molecule has 0 atom stereocenters. The molecule has 2 N–H and O–H groups in total. The van der Waals surface area contributed by atoms with Crippen LogP contribution in [0.15, 0.2) is 23.4 Å². The first-order valence-corrected chi connectivity index (χ1v) is 3.30. The topological polar surface area (TPSA) is 41.1 Å². The van der Waals surface area contributed by atoms with Crippen molar-refractivity contribution >= 4 is 6.03 Å². The lowest BCUT2D eigenvalue weighted by Gasteiger charge is -2.15. The lowest BCUT2D eigenvalue weighted by Crippen LogP contribution is -2.40. The first-order valence-electron chi connectivity index (χ1n) is 3.30. The van der Waals surface area contributed by atoms with Crippen molar-refractivity contribution in [1.29, 1.82) is 0 Å². The van der Waals surface area contributed by atoms with Crippen LogP contribution in [0, 0.1) is 0 Å². The monoisotopic (exact) mass is 136 g/mol. The van der Waals surface area contributed by atoms with E-state index in [2.05, 4.69) is 16.7 Å². The Balaban J connectivity index is 2.26. The fourth-order valence-corrected chi connectivity index (χ4v) is 1.20. The number of nitrogens with one attached hydrogen (secondary N) is 2. The molecule has 0 fully saturated rings. The van der Waals surface area contributed by atoms with Gasteiger partial charge >= 0.3 is 6.03 Å². The highest BCUT2D eigenvalue weighted by molar-refractivity contribution is 5.78. The van der Waals surface area contributed by atoms with Crippen molar-refractivity contribution in [2.45, 2.75) is 6.42 Å². The molecular formula is C7H8N2O. The number of amides is 2. The molecule has 0 saturated heterocycles. The van der Waals surface area contributed by atoms with E-state index in [9.17, 15) is 4.79 Å². The van der Waals surface area contributed by atoms with Gasteiger partial charge in [0.05, 0.1) is 0 Å². The highest BCUT2D eigenvalue weighted by Gasteiger charge is 2.16. The van der Waals surface area contributed by atoms with E-state index in [0.717, 1.165) is 12.1 Å². The van der Waals surface area contributed by atoms with Crippen LogP contribution in [0.2, 0.25) is 0 Å². The molecule has 0 unspecified atom stereocenters. The molecule has 2 aliphatic rings. The molecule has 1 heterocycles. The van der Waals surface area contributed by atoms with E-state index in [-0.39, 0.29) is 6.03 Å². The van der Waals surface area contributed by atoms with Gasteiger partial charge in [0, 0.05) is 18.7 Å². The molecular weight excluding hydrogens is 128 g/mol. The molecule has 0 radical (unpaired) electrons. The maximum atomic E-state index is 10.7. The summed E-state index contributed by atoms with van der Waals surface area (Å²) >= 11 is 0. The number of urea groups is 1. The number of hydrogen-bond donors (Lipinski definition) is 2. The predicted molar refractivity (Wildman–Crippen MR) is 37.3 cm³/mol. The third kappa shape index (κ3) is 0.708. The number of hydrogen-bond acceptors (Lipinski definition) is 1. The first-order chi connectivity index (χ1) is 4.86. The van der Waals surface area contributed by atoms with Gasteiger partial charge in [0.15, 0.2) is 0 Å². The zero-order chi connectivity index (χ0) is 6.97. The molecule has 1 aliphatic heterocycles. The van der Waals surface area contributed by atoms with Crippen LogP contribution in [0.3, 0.4) is 0 Å². The van der Waals surface area contributed by atoms with Crippen molar-refractivity contribution < 1.29 is 4.79 Å². The summed E-state index contributed by atoms with van der Waals surface area (Å²) < 4.78 is 0. The summed E-state index contributed by atoms with van der Waals surface area (Å²) in [6, 6.07) is -0.0811. The smallest absolute Gasteiger partial charge is 0.319 e. The molecule has 3 heteroatoms. The van der Waals surface area contributed by atoms with Gasteiger partial charge in [-0.2, -0.15) is 0 Å². The van der Waals surface area contributed by atoms with Crippen molar-refractivity contribution in [3.63, 3.8) is 0 Å². The Kier molecular flexibility index (Phi) is 1.03. The number of rotatable bonds is 0. The second-order valence-corrected chi connectivity index (χ2v) is 2.42. The van der Waals surface area contributed by atoms with Crippen LogP contribution in [0.25, 0.3) is 0 Å². The maximum absolute atomic E-state index is 10.7. The minimum absolute atomic E-state index is 0.0811. The Morgan fingerprint density at radius 2 is 2.40 bits per heavy atom. The molecule has 1 aliphatic carbocycles. The van der Waals surface area contributed by atoms with Crippen LogP contribution in [0.5, 0.6) is 0 Å². The first kappa shape index (κ1) is 5.53. The third-order valence-corrected chi connectivity index (χ3v) is 1.73. The quantitative estimate of drug-likeness (QED) is 0.500. The minimum Gasteiger partial charge on any atom is -0.334 e. The van der Waals surface area contributed by atoms with E-state index >= 15 is 0 Å². The molecule has 2 amide bonds. The molecule has 0 aromatic carbocycles. The van der Waals surface area contributed by atoms with Crippen LogP contribution in [0.4, 0.5) is 4.79 Å². The average molecular weight is 136 g/mol. The number of allylic oxidation sites excluding steroid dienone is 1. The van der Waals surface area contributed by atoms with Crippen molar-refractivity contribution in [2.24, 2.45) is 0 Å². The zero-order valence-corrected chi connectivity index (χ0v) is 5.48. The molecule has 2 rings (SSSR count). The van der Waals surface area contributed by atoms with Gasteiger partial charge in [-0.05, 0) is 5.57 Å². The molecule has 0 saturated carbocycles. The zero-order valence-electron chi connectivity index (χ0n) is 5.48. The largest absolute Gasteiger partial charge is 0.334 e. The highest BCUT2D eigenvalue weighted by Crippen LogP contribution is 2.17. The van der Waals surface area contributed by atoms with Crippen molar-refractivity contribution in [2.75, 3.05) is 6.54 Å². The predicted octanol–water partition coefficient (Wildman–Crippen LogP) is 0.513. The van der Waals surface area contributed by atoms with Crippen LogP contribution < -0.4 is 10.6 Å². The maximum Gasteiger partial charge on any atom is 0.319 e. The summed E-state index contributed by atoms with van der Waals surface area (Å²) in [5.74, 6) is 0. The Morgan fingerprint density at radius 1 is 1.50 bits per heavy atom. The Bertz CT molecular complexity index is 240. The van der Waals surface area contributed by atoms with Gasteiger partial charge in [-0.15, -0.1) is 0 Å². The van der Waals surface area contributed by atoms with Crippen LogP contribution >= 0.6 is 0 Å². The van der Waals surface area contributed by atoms with E-state index < -0.39 is 0 Å². The van der Waals surface area contributed by atoms with Crippen LogP contribution in [-0.2, 0) is 0 Å². The Labute approximate surface area is 58.8 Å². The van der Waals surface area contributed by atoms with Gasteiger partial charge in [0.2, 0.25) is 0 Å².